The smallest absolute Gasteiger partial charge is 0.0136 e. The largest absolute Gasteiger partial charge is 0.316 e. The van der Waals surface area contributed by atoms with Crippen molar-refractivity contribution in [1.29, 1.82) is 0 Å². The predicted molar refractivity (Wildman–Crippen MR) is 74.4 cm³/mol. The van der Waals surface area contributed by atoms with E-state index >= 15 is 0 Å². The summed E-state index contributed by atoms with van der Waals surface area (Å²) in [6, 6.07) is 9.50. The van der Waals surface area contributed by atoms with Crippen LogP contribution in [0.3, 0.4) is 0 Å². The molecule has 1 aliphatic carbocycles. The lowest BCUT2D eigenvalue weighted by molar-refractivity contribution is 0.432. The Morgan fingerprint density at radius 3 is 2.94 bits per heavy atom. The molecule has 1 aliphatic rings. The van der Waals surface area contributed by atoms with E-state index in [0.717, 1.165) is 6.42 Å². The van der Waals surface area contributed by atoms with Gasteiger partial charge in [-0.3, -0.25) is 0 Å². The van der Waals surface area contributed by atoms with Crippen molar-refractivity contribution in [2.45, 2.75) is 44.6 Å². The maximum atomic E-state index is 4.00. The van der Waals surface area contributed by atoms with Crippen molar-refractivity contribution in [1.82, 2.24) is 5.32 Å². The average Bonchev–Trinajstić information content (AvgIpc) is 2.74. The normalized spacial score (nSPS) is 20.0. The average molecular weight is 229 g/mol. The highest BCUT2D eigenvalue weighted by molar-refractivity contribution is 5.36. The Morgan fingerprint density at radius 1 is 1.47 bits per heavy atom. The second kappa shape index (κ2) is 5.50. The fourth-order valence-electron chi connectivity index (χ4n) is 2.96. The number of nitrogens with one attached hydrogen (secondary N) is 1. The number of aryl methyl sites for hydroxylation is 1. The van der Waals surface area contributed by atoms with Gasteiger partial charge in [-0.05, 0) is 56.7 Å². The zero-order valence-corrected chi connectivity index (χ0v) is 11.0. The summed E-state index contributed by atoms with van der Waals surface area (Å²) >= 11 is 0. The molecule has 2 atom stereocenters. The van der Waals surface area contributed by atoms with Crippen molar-refractivity contribution in [3.63, 3.8) is 0 Å². The summed E-state index contributed by atoms with van der Waals surface area (Å²) in [5.74, 6) is 0.690. The number of benzene rings is 1. The molecule has 2 rings (SSSR count). The van der Waals surface area contributed by atoms with Crippen molar-refractivity contribution in [3.8, 4) is 0 Å². The van der Waals surface area contributed by atoms with Crippen LogP contribution in [0.15, 0.2) is 36.4 Å². The molecule has 0 bridgehead atoms. The summed E-state index contributed by atoms with van der Waals surface area (Å²) in [5, 5.41) is 3.50. The number of hydrogen-bond acceptors (Lipinski definition) is 1. The Balaban J connectivity index is 2.09. The van der Waals surface area contributed by atoms with E-state index < -0.39 is 0 Å². The van der Waals surface area contributed by atoms with Gasteiger partial charge in [0, 0.05) is 6.04 Å². The van der Waals surface area contributed by atoms with Crippen LogP contribution in [0.1, 0.15) is 43.2 Å². The molecule has 0 aromatic heterocycles. The van der Waals surface area contributed by atoms with E-state index in [0.29, 0.717) is 12.0 Å². The highest BCUT2D eigenvalue weighted by Gasteiger charge is 2.28. The van der Waals surface area contributed by atoms with Crippen LogP contribution in [0.2, 0.25) is 0 Å². The Labute approximate surface area is 105 Å². The van der Waals surface area contributed by atoms with Crippen molar-refractivity contribution >= 4 is 0 Å². The van der Waals surface area contributed by atoms with Gasteiger partial charge in [0.25, 0.3) is 0 Å². The third-order valence-electron chi connectivity index (χ3n) is 3.92. The molecule has 17 heavy (non-hydrogen) atoms. The van der Waals surface area contributed by atoms with Crippen LogP contribution >= 0.6 is 0 Å². The number of hydrogen-bond donors (Lipinski definition) is 1. The molecule has 92 valence electrons. The number of allylic oxidation sites excluding steroid dienone is 1. The van der Waals surface area contributed by atoms with Crippen LogP contribution in [-0.4, -0.2) is 13.1 Å². The molecule has 1 nitrogen and oxygen atoms in total. The molecule has 0 saturated heterocycles. The van der Waals surface area contributed by atoms with Gasteiger partial charge in [0.2, 0.25) is 0 Å². The third-order valence-corrected chi connectivity index (χ3v) is 3.92. The van der Waals surface area contributed by atoms with Gasteiger partial charge >= 0.3 is 0 Å². The van der Waals surface area contributed by atoms with Gasteiger partial charge in [-0.25, -0.2) is 0 Å². The molecule has 0 radical (unpaired) electrons. The Morgan fingerprint density at radius 2 is 2.24 bits per heavy atom. The van der Waals surface area contributed by atoms with E-state index in [1.165, 1.54) is 24.8 Å². The minimum atomic E-state index is 0.593. The SMILES string of the molecule is C=C(C)CCC(NC)C1CCc2ccccc21. The van der Waals surface area contributed by atoms with Crippen LogP contribution in [0, 0.1) is 0 Å². The van der Waals surface area contributed by atoms with Gasteiger partial charge in [0.05, 0.1) is 0 Å². The summed E-state index contributed by atoms with van der Waals surface area (Å²) in [5.41, 5.74) is 4.40. The summed E-state index contributed by atoms with van der Waals surface area (Å²) in [6.07, 6.45) is 4.86. The summed E-state index contributed by atoms with van der Waals surface area (Å²) in [4.78, 5) is 0. The zero-order chi connectivity index (χ0) is 12.3. The predicted octanol–water partition coefficient (Wildman–Crippen LogP) is 3.66. The molecule has 0 amide bonds. The first-order chi connectivity index (χ1) is 8.22. The standard InChI is InChI=1S/C16H23N/c1-12(2)8-11-16(17-3)15-10-9-13-6-4-5-7-14(13)15/h4-7,15-17H,1,8-11H2,2-3H3. The van der Waals surface area contributed by atoms with Crippen LogP contribution in [0.25, 0.3) is 0 Å². The summed E-state index contributed by atoms with van der Waals surface area (Å²) in [6.45, 7) is 6.12. The molecule has 0 aliphatic heterocycles. The zero-order valence-electron chi connectivity index (χ0n) is 11.0. The van der Waals surface area contributed by atoms with Crippen LogP contribution < -0.4 is 5.32 Å². The molecule has 1 heteroatoms. The van der Waals surface area contributed by atoms with Gasteiger partial charge in [-0.15, -0.1) is 6.58 Å². The third kappa shape index (κ3) is 2.78. The Bertz CT molecular complexity index is 394. The fourth-order valence-corrected chi connectivity index (χ4v) is 2.96. The van der Waals surface area contributed by atoms with Crippen LogP contribution in [0.5, 0.6) is 0 Å². The highest BCUT2D eigenvalue weighted by Crippen LogP contribution is 2.36. The summed E-state index contributed by atoms with van der Waals surface area (Å²) < 4.78 is 0. The lowest BCUT2D eigenvalue weighted by Crippen LogP contribution is -2.31. The van der Waals surface area contributed by atoms with Gasteiger partial charge in [-0.2, -0.15) is 0 Å². The lowest BCUT2D eigenvalue weighted by Gasteiger charge is -2.24. The Hall–Kier alpha value is -1.08. The van der Waals surface area contributed by atoms with Gasteiger partial charge in [0.15, 0.2) is 0 Å². The first kappa shape index (κ1) is 12.4. The minimum Gasteiger partial charge on any atom is -0.316 e. The van der Waals surface area contributed by atoms with E-state index in [9.17, 15) is 0 Å². The fraction of sp³-hybridized carbons (Fsp3) is 0.500. The van der Waals surface area contributed by atoms with Crippen LogP contribution in [0.4, 0.5) is 0 Å². The monoisotopic (exact) mass is 229 g/mol. The van der Waals surface area contributed by atoms with E-state index in [-0.39, 0.29) is 0 Å². The Kier molecular flexibility index (Phi) is 4.01. The molecule has 1 N–H and O–H groups in total. The van der Waals surface area contributed by atoms with Gasteiger partial charge < -0.3 is 5.32 Å². The second-order valence-electron chi connectivity index (χ2n) is 5.23. The number of rotatable bonds is 5. The molecule has 2 unspecified atom stereocenters. The maximum absolute atomic E-state index is 4.00. The highest BCUT2D eigenvalue weighted by atomic mass is 14.9. The minimum absolute atomic E-state index is 0.593. The van der Waals surface area contributed by atoms with E-state index in [4.69, 9.17) is 0 Å². The molecule has 0 spiro atoms. The quantitative estimate of drug-likeness (QED) is 0.760. The van der Waals surface area contributed by atoms with E-state index in [1.54, 1.807) is 11.1 Å². The number of fused-ring (bicyclic) bond motifs is 1. The second-order valence-corrected chi connectivity index (χ2v) is 5.23. The first-order valence-electron chi connectivity index (χ1n) is 6.62. The first-order valence-corrected chi connectivity index (χ1v) is 6.62. The molecular weight excluding hydrogens is 206 g/mol. The molecule has 0 saturated carbocycles. The van der Waals surface area contributed by atoms with E-state index in [1.807, 2.05) is 0 Å². The molecular formula is C16H23N. The molecule has 0 heterocycles. The van der Waals surface area contributed by atoms with Crippen molar-refractivity contribution in [2.75, 3.05) is 7.05 Å². The van der Waals surface area contributed by atoms with Gasteiger partial charge in [-0.1, -0.05) is 29.8 Å². The topological polar surface area (TPSA) is 12.0 Å². The van der Waals surface area contributed by atoms with E-state index in [2.05, 4.69) is 50.1 Å². The molecule has 0 fully saturated rings. The van der Waals surface area contributed by atoms with Gasteiger partial charge in [0.1, 0.15) is 0 Å². The van der Waals surface area contributed by atoms with Crippen LogP contribution in [-0.2, 0) is 6.42 Å². The molecule has 1 aromatic rings. The summed E-state index contributed by atoms with van der Waals surface area (Å²) in [7, 11) is 2.09. The van der Waals surface area contributed by atoms with Crippen molar-refractivity contribution in [2.24, 2.45) is 0 Å². The lowest BCUT2D eigenvalue weighted by atomic mass is 9.89. The number of likely N-dealkylation sites (N-methyl/N-ethyl adjacent to an activating group) is 1. The van der Waals surface area contributed by atoms with Crippen molar-refractivity contribution in [3.05, 3.63) is 47.5 Å². The molecule has 1 aromatic carbocycles. The maximum Gasteiger partial charge on any atom is 0.0136 e. The van der Waals surface area contributed by atoms with Crippen molar-refractivity contribution < 1.29 is 0 Å².